The fourth-order valence-electron chi connectivity index (χ4n) is 2.71. The summed E-state index contributed by atoms with van der Waals surface area (Å²) in [5.41, 5.74) is 0. The Bertz CT molecular complexity index is 318. The summed E-state index contributed by atoms with van der Waals surface area (Å²) in [6.45, 7) is 4.65. The zero-order valence-corrected chi connectivity index (χ0v) is 16.2. The summed E-state index contributed by atoms with van der Waals surface area (Å²) in [5.74, 6) is -0.217. The van der Waals surface area contributed by atoms with E-state index >= 15 is 0 Å². The third-order valence-corrected chi connectivity index (χ3v) is 4.20. The van der Waals surface area contributed by atoms with Crippen LogP contribution in [0.3, 0.4) is 0 Å². The van der Waals surface area contributed by atoms with Gasteiger partial charge in [0.25, 0.3) is 0 Å². The highest BCUT2D eigenvalue weighted by atomic mass is 16.5. The molecule has 0 aliphatic heterocycles. The van der Waals surface area contributed by atoms with Gasteiger partial charge in [-0.25, -0.2) is 4.79 Å². The molecule has 0 radical (unpaired) electrons. The second-order valence-electron chi connectivity index (χ2n) is 6.61. The van der Waals surface area contributed by atoms with Crippen LogP contribution in [0.4, 0.5) is 0 Å². The van der Waals surface area contributed by atoms with Gasteiger partial charge in [-0.2, -0.15) is 0 Å². The first-order valence-corrected chi connectivity index (χ1v) is 10.3. The first kappa shape index (κ1) is 22.9. The van der Waals surface area contributed by atoms with Crippen molar-refractivity contribution < 1.29 is 9.53 Å². The van der Waals surface area contributed by atoms with Gasteiger partial charge in [0.2, 0.25) is 0 Å². The van der Waals surface area contributed by atoms with Crippen LogP contribution >= 0.6 is 0 Å². The number of hydrogen-bond donors (Lipinski definition) is 0. The van der Waals surface area contributed by atoms with Crippen LogP contribution in [0, 0.1) is 0 Å². The molecule has 0 saturated heterocycles. The lowest BCUT2D eigenvalue weighted by atomic mass is 10.1. The van der Waals surface area contributed by atoms with Gasteiger partial charge in [0.05, 0.1) is 6.61 Å². The second kappa shape index (κ2) is 20.0. The van der Waals surface area contributed by atoms with Gasteiger partial charge >= 0.3 is 5.97 Å². The van der Waals surface area contributed by atoms with Gasteiger partial charge in [0, 0.05) is 6.08 Å². The minimum atomic E-state index is -0.217. The van der Waals surface area contributed by atoms with E-state index in [-0.39, 0.29) is 5.97 Å². The number of ether oxygens (including phenoxy) is 1. The molecule has 0 spiro atoms. The maximum atomic E-state index is 11.1. The van der Waals surface area contributed by atoms with E-state index in [0.717, 1.165) is 12.8 Å². The number of unbranched alkanes of at least 4 members (excludes halogenated alkanes) is 12. The summed E-state index contributed by atoms with van der Waals surface area (Å²) in [5, 5.41) is 0. The lowest BCUT2D eigenvalue weighted by Gasteiger charge is -2.02. The number of carbonyl (C=O) groups excluding carboxylic acids is 1. The van der Waals surface area contributed by atoms with E-state index in [1.807, 2.05) is 6.92 Å². The SMILES string of the molecule is C/C=C/C(=O)OCCCCCCCC/C=C\CCCCCCCC. The van der Waals surface area contributed by atoms with Crippen molar-refractivity contribution in [1.82, 2.24) is 0 Å². The van der Waals surface area contributed by atoms with Crippen LogP contribution in [0.15, 0.2) is 24.3 Å². The Morgan fingerprint density at radius 1 is 0.750 bits per heavy atom. The minimum absolute atomic E-state index is 0.217. The van der Waals surface area contributed by atoms with Gasteiger partial charge < -0.3 is 4.74 Å². The molecule has 0 atom stereocenters. The molecule has 0 aliphatic carbocycles. The number of rotatable bonds is 17. The number of carbonyl (C=O) groups is 1. The normalized spacial score (nSPS) is 11.6. The summed E-state index contributed by atoms with van der Waals surface area (Å²) in [7, 11) is 0. The molecule has 0 heterocycles. The van der Waals surface area contributed by atoms with Crippen LogP contribution < -0.4 is 0 Å². The van der Waals surface area contributed by atoms with E-state index < -0.39 is 0 Å². The summed E-state index contributed by atoms with van der Waals surface area (Å²) in [6.07, 6.45) is 26.1. The van der Waals surface area contributed by atoms with Crippen molar-refractivity contribution in [2.24, 2.45) is 0 Å². The molecule has 0 aromatic rings. The highest BCUT2D eigenvalue weighted by molar-refractivity contribution is 5.81. The van der Waals surface area contributed by atoms with Gasteiger partial charge in [-0.1, -0.05) is 82.9 Å². The highest BCUT2D eigenvalue weighted by Crippen LogP contribution is 2.10. The largest absolute Gasteiger partial charge is 0.463 e. The van der Waals surface area contributed by atoms with Crippen molar-refractivity contribution in [3.8, 4) is 0 Å². The lowest BCUT2D eigenvalue weighted by Crippen LogP contribution is -2.01. The monoisotopic (exact) mass is 336 g/mol. The molecule has 0 fully saturated rings. The minimum Gasteiger partial charge on any atom is -0.463 e. The van der Waals surface area contributed by atoms with Crippen molar-refractivity contribution in [1.29, 1.82) is 0 Å². The fourth-order valence-corrected chi connectivity index (χ4v) is 2.71. The Kier molecular flexibility index (Phi) is 19.1. The van der Waals surface area contributed by atoms with Gasteiger partial charge in [0.1, 0.15) is 0 Å². The fraction of sp³-hybridized carbons (Fsp3) is 0.773. The Hall–Kier alpha value is -1.05. The molecule has 0 rings (SSSR count). The maximum Gasteiger partial charge on any atom is 0.330 e. The Morgan fingerprint density at radius 3 is 1.79 bits per heavy atom. The van der Waals surface area contributed by atoms with E-state index in [2.05, 4.69) is 19.1 Å². The summed E-state index contributed by atoms with van der Waals surface area (Å²) >= 11 is 0. The molecule has 0 aromatic heterocycles. The molecule has 140 valence electrons. The molecule has 0 saturated carbocycles. The Morgan fingerprint density at radius 2 is 1.25 bits per heavy atom. The number of allylic oxidation sites excluding steroid dienone is 3. The van der Waals surface area contributed by atoms with Crippen LogP contribution in [-0.4, -0.2) is 12.6 Å². The quantitative estimate of drug-likeness (QED) is 0.122. The van der Waals surface area contributed by atoms with E-state index in [1.54, 1.807) is 6.08 Å². The summed E-state index contributed by atoms with van der Waals surface area (Å²) in [4.78, 5) is 11.1. The van der Waals surface area contributed by atoms with Gasteiger partial charge in [-0.15, -0.1) is 0 Å². The first-order chi connectivity index (χ1) is 11.8. The Labute approximate surface area is 150 Å². The first-order valence-electron chi connectivity index (χ1n) is 10.3. The molecule has 2 nitrogen and oxygen atoms in total. The van der Waals surface area contributed by atoms with Gasteiger partial charge in [0.15, 0.2) is 0 Å². The standard InChI is InChI=1S/C22H40O2/c1-3-5-6-7-8-9-10-11-12-13-14-15-16-17-18-19-21-24-22(23)20-4-2/h4,11-12,20H,3,5-10,13-19,21H2,1-2H3/b12-11-,20-4+. The molecule has 0 aliphatic rings. The zero-order valence-electron chi connectivity index (χ0n) is 16.2. The van der Waals surface area contributed by atoms with Gasteiger partial charge in [-0.05, 0) is 39.0 Å². The maximum absolute atomic E-state index is 11.1. The van der Waals surface area contributed by atoms with Crippen LogP contribution in [0.2, 0.25) is 0 Å². The Balaban J connectivity index is 3.14. The van der Waals surface area contributed by atoms with Crippen molar-refractivity contribution in [3.63, 3.8) is 0 Å². The topological polar surface area (TPSA) is 26.3 Å². The third-order valence-electron chi connectivity index (χ3n) is 4.20. The average Bonchev–Trinajstić information content (AvgIpc) is 2.58. The van der Waals surface area contributed by atoms with Gasteiger partial charge in [-0.3, -0.25) is 0 Å². The molecular weight excluding hydrogens is 296 g/mol. The molecule has 0 N–H and O–H groups in total. The smallest absolute Gasteiger partial charge is 0.330 e. The molecule has 24 heavy (non-hydrogen) atoms. The summed E-state index contributed by atoms with van der Waals surface area (Å²) in [6, 6.07) is 0. The number of hydrogen-bond acceptors (Lipinski definition) is 2. The molecule has 0 amide bonds. The van der Waals surface area contributed by atoms with Crippen LogP contribution in [0.5, 0.6) is 0 Å². The van der Waals surface area contributed by atoms with E-state index in [4.69, 9.17) is 4.74 Å². The predicted octanol–water partition coefficient (Wildman–Crippen LogP) is 7.14. The van der Waals surface area contributed by atoms with Crippen molar-refractivity contribution in [2.45, 2.75) is 104 Å². The zero-order chi connectivity index (χ0) is 17.7. The van der Waals surface area contributed by atoms with Crippen molar-refractivity contribution >= 4 is 5.97 Å². The highest BCUT2D eigenvalue weighted by Gasteiger charge is 1.96. The lowest BCUT2D eigenvalue weighted by molar-refractivity contribution is -0.137. The molecule has 0 aromatic carbocycles. The second-order valence-corrected chi connectivity index (χ2v) is 6.61. The van der Waals surface area contributed by atoms with Crippen LogP contribution in [-0.2, 0) is 9.53 Å². The average molecular weight is 337 g/mol. The number of esters is 1. The molecular formula is C22H40O2. The van der Waals surface area contributed by atoms with E-state index in [1.165, 1.54) is 83.1 Å². The summed E-state index contributed by atoms with van der Waals surface area (Å²) < 4.78 is 5.07. The molecule has 0 unspecified atom stereocenters. The third kappa shape index (κ3) is 19.0. The van der Waals surface area contributed by atoms with Crippen LogP contribution in [0.25, 0.3) is 0 Å². The van der Waals surface area contributed by atoms with Crippen molar-refractivity contribution in [3.05, 3.63) is 24.3 Å². The van der Waals surface area contributed by atoms with E-state index in [9.17, 15) is 4.79 Å². The van der Waals surface area contributed by atoms with Crippen molar-refractivity contribution in [2.75, 3.05) is 6.61 Å². The predicted molar refractivity (Wildman–Crippen MR) is 105 cm³/mol. The molecule has 2 heteroatoms. The molecule has 0 bridgehead atoms. The van der Waals surface area contributed by atoms with Crippen LogP contribution in [0.1, 0.15) is 104 Å². The van der Waals surface area contributed by atoms with E-state index in [0.29, 0.717) is 6.61 Å².